The number of para-hydroxylation sites is 1. The molecule has 0 fully saturated rings. The van der Waals surface area contributed by atoms with Gasteiger partial charge in [0, 0.05) is 33.5 Å². The predicted octanol–water partition coefficient (Wildman–Crippen LogP) is 8.45. The fourth-order valence-corrected chi connectivity index (χ4v) is 7.20. The number of benzene rings is 3. The van der Waals surface area contributed by atoms with Crippen molar-refractivity contribution in [3.05, 3.63) is 128 Å². The van der Waals surface area contributed by atoms with E-state index in [0.29, 0.717) is 17.8 Å². The van der Waals surface area contributed by atoms with Crippen molar-refractivity contribution < 1.29 is 14.3 Å². The molecule has 4 nitrogen and oxygen atoms in total. The lowest BCUT2D eigenvalue weighted by atomic mass is 9.71. The Hall–Kier alpha value is -3.74. The smallest absolute Gasteiger partial charge is 0.338 e. The maximum Gasteiger partial charge on any atom is 0.338 e. The van der Waals surface area contributed by atoms with Crippen LogP contribution in [0.5, 0.6) is 0 Å². The molecule has 1 aliphatic carbocycles. The van der Waals surface area contributed by atoms with Gasteiger partial charge in [-0.25, -0.2) is 4.79 Å². The van der Waals surface area contributed by atoms with Crippen LogP contribution >= 0.6 is 23.6 Å². The Morgan fingerprint density at radius 1 is 1.00 bits per heavy atom. The number of aromatic nitrogens is 1. The highest BCUT2D eigenvalue weighted by molar-refractivity contribution is 7.73. The molecule has 2 aliphatic rings. The maximum absolute atomic E-state index is 13.8. The average Bonchev–Trinajstić information content (AvgIpc) is 3.31. The lowest BCUT2D eigenvalue weighted by molar-refractivity contribution is -0.138. The number of carbonyl (C=O) groups is 1. The molecule has 1 unspecified atom stereocenters. The molecule has 196 valence electrons. The lowest BCUT2D eigenvalue weighted by Gasteiger charge is -2.40. The molecule has 0 bridgehead atoms. The van der Waals surface area contributed by atoms with Gasteiger partial charge in [0.2, 0.25) is 0 Å². The van der Waals surface area contributed by atoms with Crippen LogP contribution < -0.4 is 0 Å². The molecule has 0 saturated carbocycles. The number of nitrogens with zero attached hydrogens (tertiary/aromatic N) is 1. The summed E-state index contributed by atoms with van der Waals surface area (Å²) in [5.74, 6) is 0.660. The first-order valence-corrected chi connectivity index (χ1v) is 14.4. The van der Waals surface area contributed by atoms with Gasteiger partial charge in [-0.1, -0.05) is 92.7 Å². The Balaban J connectivity index is 1.70. The van der Waals surface area contributed by atoms with Crippen LogP contribution in [0.1, 0.15) is 54.8 Å². The number of carbonyl (C=O) groups excluding carboxylic acids is 1. The molecule has 39 heavy (non-hydrogen) atoms. The van der Waals surface area contributed by atoms with Gasteiger partial charge in [0.25, 0.3) is 0 Å². The van der Waals surface area contributed by atoms with Crippen LogP contribution in [0.3, 0.4) is 0 Å². The quantitative estimate of drug-likeness (QED) is 0.184. The van der Waals surface area contributed by atoms with Crippen LogP contribution in [-0.4, -0.2) is 17.1 Å². The van der Waals surface area contributed by atoms with Crippen molar-refractivity contribution in [2.75, 3.05) is 6.61 Å². The molecule has 1 aliphatic heterocycles. The van der Waals surface area contributed by atoms with Crippen molar-refractivity contribution in [1.29, 1.82) is 0 Å². The minimum absolute atomic E-state index is 0.211. The van der Waals surface area contributed by atoms with E-state index in [1.807, 2.05) is 73.7 Å². The minimum atomic E-state index is -0.391. The molecule has 4 aromatic rings. The first-order valence-electron chi connectivity index (χ1n) is 13.2. The zero-order valence-corrected chi connectivity index (χ0v) is 23.8. The molecule has 0 spiro atoms. The van der Waals surface area contributed by atoms with Crippen molar-refractivity contribution in [2.45, 2.75) is 38.5 Å². The summed E-state index contributed by atoms with van der Waals surface area (Å²) in [5.41, 5.74) is 5.15. The number of esters is 1. The van der Waals surface area contributed by atoms with E-state index in [1.54, 1.807) is 11.3 Å². The van der Waals surface area contributed by atoms with Crippen molar-refractivity contribution in [2.24, 2.45) is 0 Å². The van der Waals surface area contributed by atoms with Gasteiger partial charge in [-0.2, -0.15) is 0 Å². The number of ether oxygens (including phenoxy) is 2. The van der Waals surface area contributed by atoms with E-state index < -0.39 is 5.92 Å². The van der Waals surface area contributed by atoms with Crippen LogP contribution in [-0.2, 0) is 19.7 Å². The third kappa shape index (κ3) is 4.38. The van der Waals surface area contributed by atoms with E-state index >= 15 is 0 Å². The second-order valence-corrected chi connectivity index (χ2v) is 12.0. The van der Waals surface area contributed by atoms with E-state index in [1.165, 1.54) is 4.88 Å². The molecule has 2 heterocycles. The van der Waals surface area contributed by atoms with Crippen molar-refractivity contribution >= 4 is 40.9 Å². The van der Waals surface area contributed by atoms with Crippen LogP contribution in [0, 0.1) is 3.95 Å². The van der Waals surface area contributed by atoms with Crippen LogP contribution in [0.25, 0.3) is 17.0 Å². The molecule has 0 saturated heterocycles. The summed E-state index contributed by atoms with van der Waals surface area (Å²) in [5, 5.41) is 0. The topological polar surface area (TPSA) is 40.5 Å². The van der Waals surface area contributed by atoms with Crippen molar-refractivity contribution in [3.8, 4) is 5.69 Å². The summed E-state index contributed by atoms with van der Waals surface area (Å²) >= 11 is 7.64. The zero-order chi connectivity index (χ0) is 27.1. The predicted molar refractivity (Wildman–Crippen MR) is 159 cm³/mol. The van der Waals surface area contributed by atoms with Gasteiger partial charge >= 0.3 is 5.97 Å². The summed E-state index contributed by atoms with van der Waals surface area (Å²) in [7, 11) is 0. The molecule has 0 radical (unpaired) electrons. The largest absolute Gasteiger partial charge is 0.463 e. The van der Waals surface area contributed by atoms with E-state index in [-0.39, 0.29) is 18.0 Å². The fourth-order valence-electron chi connectivity index (χ4n) is 5.64. The molecule has 1 atom stereocenters. The van der Waals surface area contributed by atoms with E-state index in [4.69, 9.17) is 21.7 Å². The molecule has 0 amide bonds. The molecular formula is C33H29NO3S2. The van der Waals surface area contributed by atoms with Gasteiger partial charge in [0.15, 0.2) is 3.95 Å². The first-order chi connectivity index (χ1) is 18.9. The Bertz CT molecular complexity index is 1660. The van der Waals surface area contributed by atoms with E-state index in [9.17, 15) is 4.79 Å². The molecule has 6 heteroatoms. The number of allylic oxidation sites excluding steroid dienone is 2. The highest BCUT2D eigenvalue weighted by Gasteiger charge is 2.46. The van der Waals surface area contributed by atoms with Crippen LogP contribution in [0.2, 0.25) is 0 Å². The highest BCUT2D eigenvalue weighted by atomic mass is 32.1. The Kier molecular flexibility index (Phi) is 6.61. The second-order valence-electron chi connectivity index (χ2n) is 10.4. The van der Waals surface area contributed by atoms with Gasteiger partial charge in [0.05, 0.1) is 23.8 Å². The highest BCUT2D eigenvalue weighted by Crippen LogP contribution is 2.56. The van der Waals surface area contributed by atoms with E-state index in [0.717, 1.165) is 37.8 Å². The molecular weight excluding hydrogens is 523 g/mol. The summed E-state index contributed by atoms with van der Waals surface area (Å²) in [6, 6.07) is 30.2. The Morgan fingerprint density at radius 2 is 1.62 bits per heavy atom. The number of fused-ring (bicyclic) bond motifs is 2. The third-order valence-electron chi connectivity index (χ3n) is 7.31. The fraction of sp³-hybridized carbons (Fsp3) is 0.212. The van der Waals surface area contributed by atoms with Gasteiger partial charge < -0.3 is 9.47 Å². The van der Waals surface area contributed by atoms with Crippen molar-refractivity contribution in [3.63, 3.8) is 0 Å². The molecule has 6 rings (SSSR count). The SMILES string of the molecule is CCOC(=O)C1=C(c2ccccc2)OC2=C(c3c(sc(=S)n3-c3ccccc3)C(C)(C)C2)C1c1ccccc1. The Labute approximate surface area is 237 Å². The minimum Gasteiger partial charge on any atom is -0.463 e. The number of thiazole rings is 1. The Morgan fingerprint density at radius 3 is 2.26 bits per heavy atom. The third-order valence-corrected chi connectivity index (χ3v) is 9.05. The van der Waals surface area contributed by atoms with Crippen molar-refractivity contribution in [1.82, 2.24) is 4.57 Å². The normalized spacial score (nSPS) is 17.8. The van der Waals surface area contributed by atoms with Gasteiger partial charge in [-0.3, -0.25) is 4.57 Å². The summed E-state index contributed by atoms with van der Waals surface area (Å²) in [6.07, 6.45) is 0.690. The average molecular weight is 552 g/mol. The molecule has 3 aromatic carbocycles. The summed E-state index contributed by atoms with van der Waals surface area (Å²) in [6.45, 7) is 6.59. The number of hydrogen-bond donors (Lipinski definition) is 0. The van der Waals surface area contributed by atoms with Gasteiger partial charge in [-0.15, -0.1) is 11.3 Å². The molecule has 1 aromatic heterocycles. The van der Waals surface area contributed by atoms with E-state index in [2.05, 4.69) is 42.7 Å². The first kappa shape index (κ1) is 25.5. The van der Waals surface area contributed by atoms with Crippen LogP contribution in [0.4, 0.5) is 0 Å². The summed E-state index contributed by atoms with van der Waals surface area (Å²) in [4.78, 5) is 15.0. The standard InChI is InChI=1S/C33H29NO3S2/c1-4-36-31(35)27-25(21-14-8-5-9-15-21)26-24(37-29(27)22-16-10-6-11-17-22)20-33(2,3)30-28(26)34(32(38)39-30)23-18-12-7-13-19-23/h5-19,25H,4,20H2,1-3H3. The number of hydrogen-bond acceptors (Lipinski definition) is 5. The van der Waals surface area contributed by atoms with Gasteiger partial charge in [0.1, 0.15) is 11.5 Å². The second kappa shape index (κ2) is 10.1. The lowest BCUT2D eigenvalue weighted by Crippen LogP contribution is -2.31. The molecule has 0 N–H and O–H groups in total. The number of rotatable bonds is 5. The maximum atomic E-state index is 13.8. The zero-order valence-electron chi connectivity index (χ0n) is 22.1. The van der Waals surface area contributed by atoms with Crippen LogP contribution in [0.15, 0.2) is 102 Å². The monoisotopic (exact) mass is 551 g/mol. The van der Waals surface area contributed by atoms with Gasteiger partial charge in [-0.05, 0) is 36.8 Å². The summed E-state index contributed by atoms with van der Waals surface area (Å²) < 4.78 is 15.4.